The van der Waals surface area contributed by atoms with Crippen LogP contribution in [-0.4, -0.2) is 4.98 Å². The van der Waals surface area contributed by atoms with Gasteiger partial charge in [-0.25, -0.2) is 4.98 Å². The van der Waals surface area contributed by atoms with Crippen LogP contribution in [0.15, 0.2) is 34.9 Å². The summed E-state index contributed by atoms with van der Waals surface area (Å²) in [6, 6.07) is 9.03. The predicted molar refractivity (Wildman–Crippen MR) is 81.0 cm³/mol. The molecule has 0 aliphatic carbocycles. The lowest BCUT2D eigenvalue weighted by molar-refractivity contribution is 0.493. The number of halogens is 1. The van der Waals surface area contributed by atoms with E-state index in [1.54, 1.807) is 11.3 Å². The third-order valence-electron chi connectivity index (χ3n) is 2.88. The van der Waals surface area contributed by atoms with Crippen molar-refractivity contribution in [2.24, 2.45) is 0 Å². The second-order valence-corrected chi connectivity index (χ2v) is 6.65. The Bertz CT molecular complexity index is 507. The Labute approximate surface area is 121 Å². The van der Waals surface area contributed by atoms with E-state index in [0.717, 1.165) is 9.48 Å². The van der Waals surface area contributed by atoms with Crippen molar-refractivity contribution in [2.45, 2.75) is 32.9 Å². The van der Waals surface area contributed by atoms with Crippen molar-refractivity contribution in [3.63, 3.8) is 0 Å². The molecule has 1 aromatic heterocycles. The molecule has 0 aliphatic heterocycles. The van der Waals surface area contributed by atoms with Crippen LogP contribution in [0.5, 0.6) is 0 Å². The number of aromatic nitrogens is 1. The van der Waals surface area contributed by atoms with E-state index in [4.69, 9.17) is 0 Å². The summed E-state index contributed by atoms with van der Waals surface area (Å²) in [4.78, 5) is 5.68. The molecule has 2 atom stereocenters. The van der Waals surface area contributed by atoms with Crippen LogP contribution in [0.3, 0.4) is 0 Å². The third-order valence-corrected chi connectivity index (χ3v) is 4.50. The van der Waals surface area contributed by atoms with E-state index in [-0.39, 0.29) is 6.04 Å². The Balaban J connectivity index is 2.02. The van der Waals surface area contributed by atoms with Crippen LogP contribution in [0.2, 0.25) is 0 Å². The number of nitrogens with zero attached hydrogens (tertiary/aromatic N) is 1. The fourth-order valence-electron chi connectivity index (χ4n) is 1.87. The van der Waals surface area contributed by atoms with Gasteiger partial charge in [-0.1, -0.05) is 28.1 Å². The van der Waals surface area contributed by atoms with Crippen LogP contribution in [0.4, 0.5) is 0 Å². The zero-order chi connectivity index (χ0) is 13.1. The molecule has 0 spiro atoms. The van der Waals surface area contributed by atoms with E-state index in [0.29, 0.717) is 6.04 Å². The molecule has 0 fully saturated rings. The monoisotopic (exact) mass is 324 g/mol. The maximum Gasteiger partial charge on any atom is 0.109 e. The lowest BCUT2D eigenvalue weighted by atomic mass is 10.1. The van der Waals surface area contributed by atoms with Gasteiger partial charge in [-0.3, -0.25) is 0 Å². The van der Waals surface area contributed by atoms with Gasteiger partial charge in [-0.15, -0.1) is 11.3 Å². The van der Waals surface area contributed by atoms with Gasteiger partial charge in [0.2, 0.25) is 0 Å². The number of aryl methyl sites for hydroxylation is 1. The average Bonchev–Trinajstić information content (AvgIpc) is 2.76. The molecule has 96 valence electrons. The summed E-state index contributed by atoms with van der Waals surface area (Å²) < 4.78 is 1.11. The Kier molecular flexibility index (Phi) is 4.54. The summed E-state index contributed by atoms with van der Waals surface area (Å²) in [5.41, 5.74) is 1.29. The topological polar surface area (TPSA) is 24.9 Å². The Morgan fingerprint density at radius 1 is 1.17 bits per heavy atom. The van der Waals surface area contributed by atoms with Crippen LogP contribution in [0.1, 0.15) is 41.4 Å². The molecule has 2 unspecified atom stereocenters. The predicted octanol–water partition coefficient (Wildman–Crippen LogP) is 4.63. The minimum Gasteiger partial charge on any atom is -0.302 e. The third kappa shape index (κ3) is 3.40. The highest BCUT2D eigenvalue weighted by atomic mass is 79.9. The lowest BCUT2D eigenvalue weighted by Gasteiger charge is -2.18. The van der Waals surface area contributed by atoms with Crippen LogP contribution in [0.25, 0.3) is 0 Å². The summed E-state index contributed by atoms with van der Waals surface area (Å²) in [6.45, 7) is 6.43. The molecule has 4 heteroatoms. The summed E-state index contributed by atoms with van der Waals surface area (Å²) in [5, 5.41) is 4.73. The molecule has 0 aliphatic rings. The van der Waals surface area contributed by atoms with Crippen molar-refractivity contribution in [1.29, 1.82) is 0 Å². The van der Waals surface area contributed by atoms with Gasteiger partial charge in [-0.2, -0.15) is 0 Å². The fraction of sp³-hybridized carbons (Fsp3) is 0.357. The number of hydrogen-bond donors (Lipinski definition) is 1. The first-order valence-electron chi connectivity index (χ1n) is 6.00. The molecular formula is C14H17BrN2S. The molecule has 1 heterocycles. The molecule has 0 radical (unpaired) electrons. The van der Waals surface area contributed by atoms with Gasteiger partial charge in [0.15, 0.2) is 0 Å². The van der Waals surface area contributed by atoms with E-state index >= 15 is 0 Å². The van der Waals surface area contributed by atoms with Gasteiger partial charge in [0, 0.05) is 21.6 Å². The SMILES string of the molecule is Cc1cnc(C(C)NC(C)c2ccc(Br)cc2)s1. The van der Waals surface area contributed by atoms with E-state index in [9.17, 15) is 0 Å². The van der Waals surface area contributed by atoms with Gasteiger partial charge < -0.3 is 5.32 Å². The average molecular weight is 325 g/mol. The summed E-state index contributed by atoms with van der Waals surface area (Å²) in [6.07, 6.45) is 1.93. The van der Waals surface area contributed by atoms with Gasteiger partial charge >= 0.3 is 0 Å². The molecule has 2 rings (SSSR count). The Morgan fingerprint density at radius 2 is 1.83 bits per heavy atom. The number of hydrogen-bond acceptors (Lipinski definition) is 3. The van der Waals surface area contributed by atoms with Crippen LogP contribution >= 0.6 is 27.3 Å². The van der Waals surface area contributed by atoms with Crippen LogP contribution in [0, 0.1) is 6.92 Å². The maximum atomic E-state index is 4.43. The smallest absolute Gasteiger partial charge is 0.109 e. The first-order valence-corrected chi connectivity index (χ1v) is 7.61. The molecule has 0 saturated heterocycles. The largest absolute Gasteiger partial charge is 0.302 e. The zero-order valence-electron chi connectivity index (χ0n) is 10.8. The minimum atomic E-state index is 0.280. The number of nitrogens with one attached hydrogen (secondary N) is 1. The summed E-state index contributed by atoms with van der Waals surface area (Å²) >= 11 is 5.21. The van der Waals surface area contributed by atoms with E-state index in [1.807, 2.05) is 6.20 Å². The fourth-order valence-corrected chi connectivity index (χ4v) is 2.92. The Morgan fingerprint density at radius 3 is 2.39 bits per heavy atom. The normalized spacial score (nSPS) is 14.4. The van der Waals surface area contributed by atoms with E-state index < -0.39 is 0 Å². The van der Waals surface area contributed by atoms with Crippen molar-refractivity contribution in [3.05, 3.63) is 50.4 Å². The number of thiazole rings is 1. The quantitative estimate of drug-likeness (QED) is 0.887. The molecule has 0 saturated carbocycles. The molecule has 18 heavy (non-hydrogen) atoms. The molecule has 2 aromatic rings. The highest BCUT2D eigenvalue weighted by Crippen LogP contribution is 2.23. The molecular weight excluding hydrogens is 308 g/mol. The highest BCUT2D eigenvalue weighted by Gasteiger charge is 2.13. The van der Waals surface area contributed by atoms with Gasteiger partial charge in [0.05, 0.1) is 6.04 Å². The molecule has 2 nitrogen and oxygen atoms in total. The maximum absolute atomic E-state index is 4.43. The molecule has 1 aromatic carbocycles. The van der Waals surface area contributed by atoms with Crippen molar-refractivity contribution in [3.8, 4) is 0 Å². The van der Waals surface area contributed by atoms with Gasteiger partial charge in [0.25, 0.3) is 0 Å². The van der Waals surface area contributed by atoms with Crippen molar-refractivity contribution in [1.82, 2.24) is 10.3 Å². The minimum absolute atomic E-state index is 0.280. The Hall–Kier alpha value is -0.710. The second kappa shape index (κ2) is 5.95. The number of benzene rings is 1. The standard InChI is InChI=1S/C14H17BrN2S/c1-9-8-16-14(18-9)11(3)17-10(2)12-4-6-13(15)7-5-12/h4-8,10-11,17H,1-3H3. The van der Waals surface area contributed by atoms with E-state index in [2.05, 4.69) is 71.3 Å². The molecule has 1 N–H and O–H groups in total. The highest BCUT2D eigenvalue weighted by molar-refractivity contribution is 9.10. The lowest BCUT2D eigenvalue weighted by Crippen LogP contribution is -2.22. The van der Waals surface area contributed by atoms with Crippen molar-refractivity contribution in [2.75, 3.05) is 0 Å². The first-order chi connectivity index (χ1) is 8.56. The first kappa shape index (κ1) is 13.7. The van der Waals surface area contributed by atoms with Gasteiger partial charge in [0.1, 0.15) is 5.01 Å². The van der Waals surface area contributed by atoms with Crippen molar-refractivity contribution >= 4 is 27.3 Å². The van der Waals surface area contributed by atoms with Crippen molar-refractivity contribution < 1.29 is 0 Å². The summed E-state index contributed by atoms with van der Waals surface area (Å²) in [7, 11) is 0. The van der Waals surface area contributed by atoms with Gasteiger partial charge in [-0.05, 0) is 38.5 Å². The second-order valence-electron chi connectivity index (χ2n) is 4.47. The summed E-state index contributed by atoms with van der Waals surface area (Å²) in [5.74, 6) is 0. The van der Waals surface area contributed by atoms with Crippen LogP contribution in [-0.2, 0) is 0 Å². The number of rotatable bonds is 4. The van der Waals surface area contributed by atoms with Crippen LogP contribution < -0.4 is 5.32 Å². The zero-order valence-corrected chi connectivity index (χ0v) is 13.2. The molecule has 0 bridgehead atoms. The molecule has 0 amide bonds. The van der Waals surface area contributed by atoms with E-state index in [1.165, 1.54) is 10.4 Å².